The summed E-state index contributed by atoms with van der Waals surface area (Å²) in [6.45, 7) is 9.45. The molecule has 0 radical (unpaired) electrons. The number of carbonyl (C=O) groups excluding carboxylic acids is 1. The molecule has 1 fully saturated rings. The smallest absolute Gasteiger partial charge is 0.412 e. The van der Waals surface area contributed by atoms with E-state index in [4.69, 9.17) is 9.47 Å². The highest BCUT2D eigenvalue weighted by molar-refractivity contribution is 5.68. The van der Waals surface area contributed by atoms with Gasteiger partial charge in [-0.1, -0.05) is 51.9 Å². The van der Waals surface area contributed by atoms with Crippen LogP contribution in [0.25, 0.3) is 0 Å². The second-order valence-electron chi connectivity index (χ2n) is 7.62. The van der Waals surface area contributed by atoms with Crippen molar-refractivity contribution >= 4 is 6.09 Å². The summed E-state index contributed by atoms with van der Waals surface area (Å²) in [6, 6.07) is 0. The largest absolute Gasteiger partial charge is 0.444 e. The van der Waals surface area contributed by atoms with Crippen LogP contribution in [0.5, 0.6) is 0 Å². The lowest BCUT2D eigenvalue weighted by molar-refractivity contribution is -0.0497. The molecule has 0 saturated carbocycles. The third kappa shape index (κ3) is 9.19. The number of hydrogen-bond donors (Lipinski definition) is 0. The fourth-order valence-corrected chi connectivity index (χ4v) is 2.89. The molecule has 0 N–H and O–H groups in total. The molecule has 1 rings (SSSR count). The van der Waals surface area contributed by atoms with Gasteiger partial charge in [-0.15, -0.1) is 0 Å². The molecular formula is C19H37NO3. The highest BCUT2D eigenvalue weighted by Gasteiger charge is 2.32. The number of amides is 1. The van der Waals surface area contributed by atoms with Crippen LogP contribution in [-0.4, -0.2) is 36.0 Å². The fourth-order valence-electron chi connectivity index (χ4n) is 2.89. The quantitative estimate of drug-likeness (QED) is 0.497. The molecule has 1 atom stereocenters. The molecule has 1 unspecified atom stereocenters. The van der Waals surface area contributed by atoms with Gasteiger partial charge in [-0.05, 0) is 40.0 Å². The summed E-state index contributed by atoms with van der Waals surface area (Å²) in [6.07, 6.45) is 12.0. The van der Waals surface area contributed by atoms with Gasteiger partial charge in [0.25, 0.3) is 0 Å². The van der Waals surface area contributed by atoms with Gasteiger partial charge < -0.3 is 9.47 Å². The highest BCUT2D eigenvalue weighted by Crippen LogP contribution is 2.22. The minimum Gasteiger partial charge on any atom is -0.444 e. The summed E-state index contributed by atoms with van der Waals surface area (Å²) in [7, 11) is 0. The van der Waals surface area contributed by atoms with E-state index in [1.165, 1.54) is 44.9 Å². The zero-order valence-electron chi connectivity index (χ0n) is 15.7. The van der Waals surface area contributed by atoms with Gasteiger partial charge in [0.1, 0.15) is 11.8 Å². The van der Waals surface area contributed by atoms with Crippen LogP contribution in [0.2, 0.25) is 0 Å². The summed E-state index contributed by atoms with van der Waals surface area (Å²) < 4.78 is 11.4. The van der Waals surface area contributed by atoms with E-state index >= 15 is 0 Å². The standard InChI is InChI=1S/C19H37NO3/c1-5-6-7-8-9-10-11-12-16-22-17-14-13-15-20(17)18(21)23-19(2,3)4/h17H,5-16H2,1-4H3. The molecule has 1 heterocycles. The Kier molecular flexibility index (Phi) is 9.61. The lowest BCUT2D eigenvalue weighted by Crippen LogP contribution is -2.41. The first-order valence-corrected chi connectivity index (χ1v) is 9.55. The normalized spacial score (nSPS) is 18.4. The number of unbranched alkanes of at least 4 members (excludes halogenated alkanes) is 7. The van der Waals surface area contributed by atoms with Gasteiger partial charge in [0.15, 0.2) is 0 Å². The van der Waals surface area contributed by atoms with Crippen molar-refractivity contribution in [3.05, 3.63) is 0 Å². The molecule has 1 amide bonds. The molecule has 1 aliphatic rings. The second-order valence-corrected chi connectivity index (χ2v) is 7.62. The Balaban J connectivity index is 2.10. The molecule has 136 valence electrons. The first-order valence-electron chi connectivity index (χ1n) is 9.55. The molecular weight excluding hydrogens is 290 g/mol. The Morgan fingerprint density at radius 2 is 1.65 bits per heavy atom. The lowest BCUT2D eigenvalue weighted by atomic mass is 10.1. The highest BCUT2D eigenvalue weighted by atomic mass is 16.6. The molecule has 0 spiro atoms. The number of ether oxygens (including phenoxy) is 2. The monoisotopic (exact) mass is 327 g/mol. The molecule has 1 saturated heterocycles. The molecule has 0 aromatic carbocycles. The van der Waals surface area contributed by atoms with Gasteiger partial charge in [-0.3, -0.25) is 4.90 Å². The average molecular weight is 328 g/mol. The predicted octanol–water partition coefficient (Wildman–Crippen LogP) is 5.50. The first kappa shape index (κ1) is 20.3. The zero-order valence-corrected chi connectivity index (χ0v) is 15.7. The Labute approximate surface area is 142 Å². The summed E-state index contributed by atoms with van der Waals surface area (Å²) in [5.74, 6) is 0. The Morgan fingerprint density at radius 1 is 1.04 bits per heavy atom. The molecule has 23 heavy (non-hydrogen) atoms. The van der Waals surface area contributed by atoms with E-state index in [2.05, 4.69) is 6.92 Å². The van der Waals surface area contributed by atoms with Crippen molar-refractivity contribution in [2.75, 3.05) is 13.2 Å². The maximum atomic E-state index is 12.2. The minimum atomic E-state index is -0.442. The van der Waals surface area contributed by atoms with Gasteiger partial charge in [-0.2, -0.15) is 0 Å². The van der Waals surface area contributed by atoms with E-state index < -0.39 is 5.60 Å². The number of carbonyl (C=O) groups is 1. The van der Waals surface area contributed by atoms with Crippen LogP contribution in [-0.2, 0) is 9.47 Å². The van der Waals surface area contributed by atoms with Crippen LogP contribution in [0.15, 0.2) is 0 Å². The minimum absolute atomic E-state index is 0.0885. The second kappa shape index (κ2) is 10.9. The lowest BCUT2D eigenvalue weighted by Gasteiger charge is -2.28. The van der Waals surface area contributed by atoms with Crippen LogP contribution in [0.3, 0.4) is 0 Å². The molecule has 0 aliphatic carbocycles. The Bertz CT molecular complexity index is 325. The van der Waals surface area contributed by atoms with E-state index in [1.807, 2.05) is 20.8 Å². The molecule has 0 aromatic heterocycles. The van der Waals surface area contributed by atoms with Crippen LogP contribution in [0.1, 0.15) is 91.9 Å². The summed E-state index contributed by atoms with van der Waals surface area (Å²) >= 11 is 0. The summed E-state index contributed by atoms with van der Waals surface area (Å²) in [4.78, 5) is 13.9. The fraction of sp³-hybridized carbons (Fsp3) is 0.947. The maximum Gasteiger partial charge on any atom is 0.412 e. The van der Waals surface area contributed by atoms with Gasteiger partial charge in [-0.25, -0.2) is 4.79 Å². The van der Waals surface area contributed by atoms with E-state index in [9.17, 15) is 4.79 Å². The Hall–Kier alpha value is -0.770. The van der Waals surface area contributed by atoms with E-state index in [-0.39, 0.29) is 12.3 Å². The molecule has 1 aliphatic heterocycles. The third-order valence-electron chi connectivity index (χ3n) is 4.13. The Morgan fingerprint density at radius 3 is 2.26 bits per heavy atom. The van der Waals surface area contributed by atoms with Gasteiger partial charge in [0, 0.05) is 13.2 Å². The van der Waals surface area contributed by atoms with Crippen molar-refractivity contribution in [3.8, 4) is 0 Å². The number of likely N-dealkylation sites (tertiary alicyclic amines) is 1. The molecule has 0 aromatic rings. The van der Waals surface area contributed by atoms with Crippen LogP contribution < -0.4 is 0 Å². The van der Waals surface area contributed by atoms with Crippen molar-refractivity contribution < 1.29 is 14.3 Å². The van der Waals surface area contributed by atoms with Crippen molar-refractivity contribution in [1.82, 2.24) is 4.90 Å². The third-order valence-corrected chi connectivity index (χ3v) is 4.13. The maximum absolute atomic E-state index is 12.2. The zero-order chi connectivity index (χ0) is 17.1. The van der Waals surface area contributed by atoms with Gasteiger partial charge in [0.2, 0.25) is 0 Å². The topological polar surface area (TPSA) is 38.8 Å². The van der Waals surface area contributed by atoms with Crippen LogP contribution in [0, 0.1) is 0 Å². The molecule has 0 bridgehead atoms. The SMILES string of the molecule is CCCCCCCCCCOC1CCCN1C(=O)OC(C)(C)C. The van der Waals surface area contributed by atoms with Crippen LogP contribution in [0.4, 0.5) is 4.79 Å². The molecule has 4 nitrogen and oxygen atoms in total. The number of rotatable bonds is 10. The summed E-state index contributed by atoms with van der Waals surface area (Å²) in [5.41, 5.74) is -0.442. The predicted molar refractivity (Wildman–Crippen MR) is 94.5 cm³/mol. The van der Waals surface area contributed by atoms with E-state index in [0.717, 1.165) is 32.4 Å². The number of hydrogen-bond acceptors (Lipinski definition) is 3. The number of nitrogens with zero attached hydrogens (tertiary/aromatic N) is 1. The van der Waals surface area contributed by atoms with Crippen molar-refractivity contribution in [1.29, 1.82) is 0 Å². The van der Waals surface area contributed by atoms with E-state index in [0.29, 0.717) is 0 Å². The van der Waals surface area contributed by atoms with E-state index in [1.54, 1.807) is 4.90 Å². The van der Waals surface area contributed by atoms with Gasteiger partial charge >= 0.3 is 6.09 Å². The summed E-state index contributed by atoms with van der Waals surface area (Å²) in [5, 5.41) is 0. The average Bonchev–Trinajstić information content (AvgIpc) is 2.92. The van der Waals surface area contributed by atoms with Crippen molar-refractivity contribution in [2.45, 2.75) is 104 Å². The van der Waals surface area contributed by atoms with Crippen molar-refractivity contribution in [3.63, 3.8) is 0 Å². The van der Waals surface area contributed by atoms with Crippen LogP contribution >= 0.6 is 0 Å². The van der Waals surface area contributed by atoms with Crippen molar-refractivity contribution in [2.24, 2.45) is 0 Å². The molecule has 4 heteroatoms. The first-order chi connectivity index (χ1) is 10.9. The van der Waals surface area contributed by atoms with Gasteiger partial charge in [0.05, 0.1) is 0 Å².